The summed E-state index contributed by atoms with van der Waals surface area (Å²) in [5.74, 6) is -1.27. The second kappa shape index (κ2) is 8.69. The number of nitrogens with zero attached hydrogens (tertiary/aromatic N) is 2. The SMILES string of the molecule is CO[C@@H]1c2ccccc2C[C@H]1NC(=O)C(NC(=O)c1cnn(C)c1)c1ccc(F)cc1. The molecule has 8 heteroatoms. The van der Waals surface area contributed by atoms with E-state index in [1.165, 1.54) is 35.1 Å². The fraction of sp³-hybridized carbons (Fsp3) is 0.261. The van der Waals surface area contributed by atoms with Crippen LogP contribution in [0.1, 0.15) is 39.2 Å². The highest BCUT2D eigenvalue weighted by Gasteiger charge is 2.35. The Morgan fingerprint density at radius 1 is 1.19 bits per heavy atom. The highest BCUT2D eigenvalue weighted by Crippen LogP contribution is 2.34. The molecule has 31 heavy (non-hydrogen) atoms. The molecule has 1 heterocycles. The van der Waals surface area contributed by atoms with E-state index in [0.29, 0.717) is 17.5 Å². The molecule has 2 aromatic carbocycles. The maximum absolute atomic E-state index is 13.4. The van der Waals surface area contributed by atoms with E-state index in [4.69, 9.17) is 4.74 Å². The Morgan fingerprint density at radius 2 is 1.94 bits per heavy atom. The molecule has 0 saturated heterocycles. The zero-order valence-corrected chi connectivity index (χ0v) is 17.2. The largest absolute Gasteiger partial charge is 0.375 e. The van der Waals surface area contributed by atoms with Crippen LogP contribution in [0.25, 0.3) is 0 Å². The minimum absolute atomic E-state index is 0.284. The van der Waals surface area contributed by atoms with Crippen LogP contribution in [0, 0.1) is 5.82 Å². The van der Waals surface area contributed by atoms with Gasteiger partial charge in [0.1, 0.15) is 18.0 Å². The maximum Gasteiger partial charge on any atom is 0.255 e. The summed E-state index contributed by atoms with van der Waals surface area (Å²) in [6.45, 7) is 0. The van der Waals surface area contributed by atoms with Crippen molar-refractivity contribution in [3.05, 3.63) is 89.0 Å². The summed E-state index contributed by atoms with van der Waals surface area (Å²) in [6, 6.07) is 12.1. The van der Waals surface area contributed by atoms with Gasteiger partial charge in [0.25, 0.3) is 5.91 Å². The van der Waals surface area contributed by atoms with Gasteiger partial charge in [-0.1, -0.05) is 36.4 Å². The second-order valence-electron chi connectivity index (χ2n) is 7.54. The molecule has 160 valence electrons. The predicted molar refractivity (Wildman–Crippen MR) is 112 cm³/mol. The number of aryl methyl sites for hydroxylation is 1. The van der Waals surface area contributed by atoms with Crippen LogP contribution >= 0.6 is 0 Å². The Kier molecular flexibility index (Phi) is 5.81. The standard InChI is InChI=1S/C23H23FN4O3/c1-28-13-16(12-25-28)22(29)27-20(14-7-9-17(24)10-8-14)23(30)26-19-11-15-5-3-4-6-18(15)21(19)31-2/h3-10,12-13,19-21H,11H2,1-2H3,(H,26,30)(H,27,29)/t19-,20?,21-/m1/s1. The Labute approximate surface area is 179 Å². The minimum atomic E-state index is -1.01. The molecule has 2 N–H and O–H groups in total. The van der Waals surface area contributed by atoms with E-state index in [1.807, 2.05) is 24.3 Å². The zero-order valence-electron chi connectivity index (χ0n) is 17.2. The van der Waals surface area contributed by atoms with E-state index >= 15 is 0 Å². The molecule has 0 bridgehead atoms. The molecule has 0 saturated carbocycles. The van der Waals surface area contributed by atoms with Crippen molar-refractivity contribution >= 4 is 11.8 Å². The zero-order chi connectivity index (χ0) is 22.0. The molecule has 7 nitrogen and oxygen atoms in total. The molecule has 3 atom stereocenters. The van der Waals surface area contributed by atoms with Gasteiger partial charge in [0.05, 0.1) is 17.8 Å². The number of methoxy groups -OCH3 is 1. The van der Waals surface area contributed by atoms with E-state index in [2.05, 4.69) is 15.7 Å². The smallest absolute Gasteiger partial charge is 0.255 e. The van der Waals surface area contributed by atoms with Crippen LogP contribution in [0.2, 0.25) is 0 Å². The van der Waals surface area contributed by atoms with Gasteiger partial charge < -0.3 is 15.4 Å². The van der Waals surface area contributed by atoms with Crippen molar-refractivity contribution in [2.75, 3.05) is 7.11 Å². The first-order chi connectivity index (χ1) is 15.0. The van der Waals surface area contributed by atoms with Gasteiger partial charge in [-0.25, -0.2) is 4.39 Å². The number of carbonyl (C=O) groups excluding carboxylic acids is 2. The Morgan fingerprint density at radius 3 is 2.61 bits per heavy atom. The summed E-state index contributed by atoms with van der Waals surface area (Å²) in [6.07, 6.45) is 3.31. The van der Waals surface area contributed by atoms with Gasteiger partial charge in [-0.3, -0.25) is 14.3 Å². The summed E-state index contributed by atoms with van der Waals surface area (Å²) in [7, 11) is 3.30. The highest BCUT2D eigenvalue weighted by atomic mass is 19.1. The number of carbonyl (C=O) groups is 2. The lowest BCUT2D eigenvalue weighted by Gasteiger charge is -2.24. The highest BCUT2D eigenvalue weighted by molar-refractivity contribution is 5.97. The molecule has 2 amide bonds. The van der Waals surface area contributed by atoms with Crippen molar-refractivity contribution < 1.29 is 18.7 Å². The fourth-order valence-corrected chi connectivity index (χ4v) is 3.95. The van der Waals surface area contributed by atoms with Gasteiger partial charge in [-0.2, -0.15) is 5.10 Å². The van der Waals surface area contributed by atoms with Crippen molar-refractivity contribution in [2.45, 2.75) is 24.6 Å². The van der Waals surface area contributed by atoms with E-state index in [-0.39, 0.29) is 12.1 Å². The van der Waals surface area contributed by atoms with E-state index in [1.54, 1.807) is 20.4 Å². The van der Waals surface area contributed by atoms with Crippen LogP contribution in [0.3, 0.4) is 0 Å². The summed E-state index contributed by atoms with van der Waals surface area (Å²) in [5.41, 5.74) is 2.94. The molecule has 1 unspecified atom stereocenters. The predicted octanol–water partition coefficient (Wildman–Crippen LogP) is 2.46. The van der Waals surface area contributed by atoms with Gasteiger partial charge in [-0.05, 0) is 35.2 Å². The van der Waals surface area contributed by atoms with Gasteiger partial charge in [-0.15, -0.1) is 0 Å². The first-order valence-corrected chi connectivity index (χ1v) is 9.92. The van der Waals surface area contributed by atoms with Gasteiger partial charge in [0, 0.05) is 20.4 Å². The molecular formula is C23H23FN4O3. The van der Waals surface area contributed by atoms with Crippen LogP contribution in [-0.4, -0.2) is 34.7 Å². The third kappa shape index (κ3) is 4.34. The van der Waals surface area contributed by atoms with Crippen LogP contribution < -0.4 is 10.6 Å². The fourth-order valence-electron chi connectivity index (χ4n) is 3.95. The van der Waals surface area contributed by atoms with Crippen molar-refractivity contribution in [2.24, 2.45) is 7.05 Å². The average Bonchev–Trinajstić information content (AvgIpc) is 3.35. The van der Waals surface area contributed by atoms with Crippen molar-refractivity contribution in [3.8, 4) is 0 Å². The number of ether oxygens (including phenoxy) is 1. The first-order valence-electron chi connectivity index (χ1n) is 9.92. The van der Waals surface area contributed by atoms with Gasteiger partial charge >= 0.3 is 0 Å². The number of nitrogens with one attached hydrogen (secondary N) is 2. The monoisotopic (exact) mass is 422 g/mol. The number of halogens is 1. The van der Waals surface area contributed by atoms with Gasteiger partial charge in [0.2, 0.25) is 5.91 Å². The lowest BCUT2D eigenvalue weighted by atomic mass is 10.0. The molecule has 0 fully saturated rings. The molecular weight excluding hydrogens is 399 g/mol. The third-order valence-electron chi connectivity index (χ3n) is 5.46. The lowest BCUT2D eigenvalue weighted by molar-refractivity contribution is -0.124. The molecule has 1 aromatic heterocycles. The third-order valence-corrected chi connectivity index (χ3v) is 5.46. The Hall–Kier alpha value is -3.52. The summed E-state index contributed by atoms with van der Waals surface area (Å²) in [5, 5.41) is 9.74. The Bertz CT molecular complexity index is 1100. The molecule has 0 aliphatic heterocycles. The number of fused-ring (bicyclic) bond motifs is 1. The number of aromatic nitrogens is 2. The maximum atomic E-state index is 13.4. The molecule has 0 radical (unpaired) electrons. The van der Waals surface area contributed by atoms with Crippen molar-refractivity contribution in [3.63, 3.8) is 0 Å². The average molecular weight is 422 g/mol. The topological polar surface area (TPSA) is 85.2 Å². The van der Waals surface area contributed by atoms with Crippen LogP contribution in [0.15, 0.2) is 60.9 Å². The van der Waals surface area contributed by atoms with Crippen molar-refractivity contribution in [1.29, 1.82) is 0 Å². The number of hydrogen-bond acceptors (Lipinski definition) is 4. The molecule has 3 aromatic rings. The Balaban J connectivity index is 1.57. The minimum Gasteiger partial charge on any atom is -0.375 e. The summed E-state index contributed by atoms with van der Waals surface area (Å²) < 4.78 is 20.6. The van der Waals surface area contributed by atoms with Crippen molar-refractivity contribution in [1.82, 2.24) is 20.4 Å². The van der Waals surface area contributed by atoms with E-state index in [0.717, 1.165) is 11.1 Å². The number of benzene rings is 2. The van der Waals surface area contributed by atoms with Gasteiger partial charge in [0.15, 0.2) is 0 Å². The van der Waals surface area contributed by atoms with Crippen LogP contribution in [0.5, 0.6) is 0 Å². The summed E-state index contributed by atoms with van der Waals surface area (Å²) >= 11 is 0. The summed E-state index contributed by atoms with van der Waals surface area (Å²) in [4.78, 5) is 26.0. The molecule has 1 aliphatic carbocycles. The quantitative estimate of drug-likeness (QED) is 0.639. The van der Waals surface area contributed by atoms with E-state index < -0.39 is 23.7 Å². The van der Waals surface area contributed by atoms with E-state index in [9.17, 15) is 14.0 Å². The molecule has 4 rings (SSSR count). The van der Waals surface area contributed by atoms with Crippen LogP contribution in [-0.2, 0) is 23.0 Å². The second-order valence-corrected chi connectivity index (χ2v) is 7.54. The lowest BCUT2D eigenvalue weighted by Crippen LogP contribution is -2.46. The van der Waals surface area contributed by atoms with Crippen LogP contribution in [0.4, 0.5) is 4.39 Å². The number of rotatable bonds is 6. The molecule has 1 aliphatic rings. The molecule has 0 spiro atoms. The first kappa shape index (κ1) is 20.7. The normalized spacial score (nSPS) is 18.3. The number of hydrogen-bond donors (Lipinski definition) is 2. The number of amides is 2.